The summed E-state index contributed by atoms with van der Waals surface area (Å²) in [4.78, 5) is 19.6. The van der Waals surface area contributed by atoms with Gasteiger partial charge in [0.15, 0.2) is 5.69 Å². The van der Waals surface area contributed by atoms with Gasteiger partial charge in [-0.15, -0.1) is 0 Å². The Morgan fingerprint density at radius 1 is 1.07 bits per heavy atom. The zero-order valence-electron chi connectivity index (χ0n) is 15.8. The Labute approximate surface area is 168 Å². The van der Waals surface area contributed by atoms with Gasteiger partial charge in [-0.3, -0.25) is 0 Å². The number of aryl methyl sites for hydroxylation is 2. The zero-order valence-corrected chi connectivity index (χ0v) is 16.6. The number of nitrogens with one attached hydrogen (secondary N) is 1. The number of rotatable bonds is 6. The van der Waals surface area contributed by atoms with Crippen LogP contribution in [0.4, 0.5) is 5.82 Å². The van der Waals surface area contributed by atoms with E-state index in [2.05, 4.69) is 26.9 Å². The Bertz CT molecular complexity index is 1010. The Kier molecular flexibility index (Phi) is 6.11. The van der Waals surface area contributed by atoms with Crippen LogP contribution < -0.4 is 10.1 Å². The molecule has 0 aliphatic rings. The number of aromatic nitrogens is 2. The molecule has 1 N–H and O–H groups in total. The van der Waals surface area contributed by atoms with Gasteiger partial charge in [-0.2, -0.15) is 0 Å². The van der Waals surface area contributed by atoms with Gasteiger partial charge in [0.25, 0.3) is 0 Å². The Morgan fingerprint density at radius 3 is 2.64 bits per heavy atom. The lowest BCUT2D eigenvalue weighted by Crippen LogP contribution is -2.08. The maximum atomic E-state index is 11.6. The van der Waals surface area contributed by atoms with Gasteiger partial charge in [-0.25, -0.2) is 14.8 Å². The van der Waals surface area contributed by atoms with Crippen molar-refractivity contribution >= 4 is 23.4 Å². The number of ether oxygens (including phenoxy) is 2. The lowest BCUT2D eigenvalue weighted by Gasteiger charge is -2.14. The minimum Gasteiger partial charge on any atom is -0.464 e. The molecule has 3 rings (SSSR count). The van der Waals surface area contributed by atoms with Crippen molar-refractivity contribution in [3.63, 3.8) is 0 Å². The smallest absolute Gasteiger partial charge is 0.356 e. The maximum absolute atomic E-state index is 11.6. The van der Waals surface area contributed by atoms with Crippen molar-refractivity contribution in [2.24, 2.45) is 0 Å². The molecule has 1 heterocycles. The molecule has 0 aliphatic carbocycles. The highest BCUT2D eigenvalue weighted by Crippen LogP contribution is 2.29. The molecule has 0 spiro atoms. The molecule has 6 nitrogen and oxygen atoms in total. The van der Waals surface area contributed by atoms with Crippen LogP contribution in [0.2, 0.25) is 5.02 Å². The Balaban J connectivity index is 1.79. The molecule has 3 aromatic rings. The number of carbonyl (C=O) groups is 1. The molecule has 0 bridgehead atoms. The van der Waals surface area contributed by atoms with Gasteiger partial charge < -0.3 is 14.8 Å². The van der Waals surface area contributed by atoms with E-state index in [-0.39, 0.29) is 5.69 Å². The summed E-state index contributed by atoms with van der Waals surface area (Å²) in [6, 6.07) is 12.9. The second-order valence-corrected chi connectivity index (χ2v) is 6.67. The summed E-state index contributed by atoms with van der Waals surface area (Å²) in [7, 11) is 1.31. The van der Waals surface area contributed by atoms with E-state index in [1.807, 2.05) is 37.3 Å². The molecule has 2 aromatic carbocycles. The summed E-state index contributed by atoms with van der Waals surface area (Å²) in [5.41, 5.74) is 3.39. The zero-order chi connectivity index (χ0) is 20.1. The van der Waals surface area contributed by atoms with Gasteiger partial charge in [0, 0.05) is 23.2 Å². The first-order chi connectivity index (χ1) is 13.5. The van der Waals surface area contributed by atoms with Crippen molar-refractivity contribution in [3.05, 3.63) is 76.2 Å². The minimum atomic E-state index is -0.521. The molecule has 1 aromatic heterocycles. The number of halogens is 1. The van der Waals surface area contributed by atoms with Crippen LogP contribution in [0.15, 0.2) is 48.8 Å². The molecule has 144 valence electrons. The molecule has 0 amide bonds. The van der Waals surface area contributed by atoms with E-state index >= 15 is 0 Å². The van der Waals surface area contributed by atoms with Crippen LogP contribution in [-0.4, -0.2) is 23.0 Å². The molecule has 0 saturated carbocycles. The summed E-state index contributed by atoms with van der Waals surface area (Å²) in [6.45, 7) is 4.50. The summed E-state index contributed by atoms with van der Waals surface area (Å²) in [5, 5.41) is 3.76. The first-order valence-electron chi connectivity index (χ1n) is 8.64. The van der Waals surface area contributed by atoms with E-state index in [4.69, 9.17) is 16.3 Å². The van der Waals surface area contributed by atoms with Crippen LogP contribution in [0.5, 0.6) is 11.5 Å². The Morgan fingerprint density at radius 2 is 1.89 bits per heavy atom. The van der Waals surface area contributed by atoms with Gasteiger partial charge in [0.05, 0.1) is 7.11 Å². The SMILES string of the molecule is COC(=O)c1cc(NCc2cc(Cl)ccc2Oc2ccc(C)c(C)c2)ncn1. The maximum Gasteiger partial charge on any atom is 0.356 e. The van der Waals surface area contributed by atoms with Crippen molar-refractivity contribution in [1.29, 1.82) is 0 Å². The molecular weight excluding hydrogens is 378 g/mol. The molecule has 0 atom stereocenters. The highest BCUT2D eigenvalue weighted by molar-refractivity contribution is 6.30. The average Bonchev–Trinajstić information content (AvgIpc) is 2.70. The van der Waals surface area contributed by atoms with Gasteiger partial charge in [-0.1, -0.05) is 17.7 Å². The predicted octanol–water partition coefficient (Wildman–Crippen LogP) is 4.94. The molecule has 0 radical (unpaired) electrons. The third-order valence-corrected chi connectivity index (χ3v) is 4.49. The molecule has 0 saturated heterocycles. The van der Waals surface area contributed by atoms with Gasteiger partial charge in [0.1, 0.15) is 23.6 Å². The Hall–Kier alpha value is -3.12. The standard InChI is InChI=1S/C21H20ClN3O3/c1-13-4-6-17(8-14(13)2)28-19-7-5-16(22)9-15(19)11-23-20-10-18(21(26)27-3)24-12-25-20/h4-10,12H,11H2,1-3H3,(H,23,24,25). The van der Waals surface area contributed by atoms with Crippen LogP contribution in [0, 0.1) is 13.8 Å². The number of anilines is 1. The average molecular weight is 398 g/mol. The quantitative estimate of drug-likeness (QED) is 0.594. The van der Waals surface area contributed by atoms with E-state index in [1.165, 1.54) is 25.1 Å². The third-order valence-electron chi connectivity index (χ3n) is 4.25. The van der Waals surface area contributed by atoms with E-state index in [0.717, 1.165) is 16.9 Å². The second kappa shape index (κ2) is 8.71. The minimum absolute atomic E-state index is 0.178. The van der Waals surface area contributed by atoms with Crippen LogP contribution >= 0.6 is 11.6 Å². The number of esters is 1. The fraction of sp³-hybridized carbons (Fsp3) is 0.190. The number of methoxy groups -OCH3 is 1. The van der Waals surface area contributed by atoms with Gasteiger partial charge in [0.2, 0.25) is 0 Å². The normalized spacial score (nSPS) is 10.4. The second-order valence-electron chi connectivity index (χ2n) is 6.23. The predicted molar refractivity (Wildman–Crippen MR) is 108 cm³/mol. The molecule has 0 unspecified atom stereocenters. The lowest BCUT2D eigenvalue weighted by molar-refractivity contribution is 0.0594. The largest absolute Gasteiger partial charge is 0.464 e. The van der Waals surface area contributed by atoms with Crippen molar-refractivity contribution in [2.45, 2.75) is 20.4 Å². The number of nitrogens with zero attached hydrogens (tertiary/aromatic N) is 2. The summed E-state index contributed by atoms with van der Waals surface area (Å²) in [5.74, 6) is 1.41. The highest BCUT2D eigenvalue weighted by Gasteiger charge is 2.10. The lowest BCUT2D eigenvalue weighted by atomic mass is 10.1. The number of benzene rings is 2. The first kappa shape index (κ1) is 19.6. The van der Waals surface area contributed by atoms with Crippen LogP contribution in [0.3, 0.4) is 0 Å². The fourth-order valence-corrected chi connectivity index (χ4v) is 2.74. The van der Waals surface area contributed by atoms with Crippen molar-refractivity contribution < 1.29 is 14.3 Å². The van der Waals surface area contributed by atoms with Crippen molar-refractivity contribution in [1.82, 2.24) is 9.97 Å². The summed E-state index contributed by atoms with van der Waals surface area (Å²) >= 11 is 6.16. The number of hydrogen-bond donors (Lipinski definition) is 1. The van der Waals surface area contributed by atoms with Gasteiger partial charge in [-0.05, 0) is 55.3 Å². The third kappa shape index (κ3) is 4.78. The summed E-state index contributed by atoms with van der Waals surface area (Å²) in [6.07, 6.45) is 1.30. The van der Waals surface area contributed by atoms with E-state index in [1.54, 1.807) is 6.07 Å². The van der Waals surface area contributed by atoms with Gasteiger partial charge >= 0.3 is 5.97 Å². The molecule has 7 heteroatoms. The fourth-order valence-electron chi connectivity index (χ4n) is 2.55. The molecule has 0 aliphatic heterocycles. The first-order valence-corrected chi connectivity index (χ1v) is 9.02. The summed E-state index contributed by atoms with van der Waals surface area (Å²) < 4.78 is 10.7. The van der Waals surface area contributed by atoms with Crippen LogP contribution in [-0.2, 0) is 11.3 Å². The van der Waals surface area contributed by atoms with Crippen LogP contribution in [0.25, 0.3) is 0 Å². The van der Waals surface area contributed by atoms with Crippen molar-refractivity contribution in [2.75, 3.05) is 12.4 Å². The van der Waals surface area contributed by atoms with E-state index in [0.29, 0.717) is 23.1 Å². The van der Waals surface area contributed by atoms with Crippen LogP contribution in [0.1, 0.15) is 27.2 Å². The van der Waals surface area contributed by atoms with E-state index in [9.17, 15) is 4.79 Å². The van der Waals surface area contributed by atoms with E-state index < -0.39 is 5.97 Å². The van der Waals surface area contributed by atoms with Crippen molar-refractivity contribution in [3.8, 4) is 11.5 Å². The topological polar surface area (TPSA) is 73.3 Å². The highest BCUT2D eigenvalue weighted by atomic mass is 35.5. The molecule has 0 fully saturated rings. The number of carbonyl (C=O) groups excluding carboxylic acids is 1. The number of hydrogen-bond acceptors (Lipinski definition) is 6. The molecule has 28 heavy (non-hydrogen) atoms. The monoisotopic (exact) mass is 397 g/mol. The molecular formula is C21H20ClN3O3.